The minimum absolute atomic E-state index is 0.0161. The molecule has 158 valence electrons. The van der Waals surface area contributed by atoms with Crippen LogP contribution in [0, 0.1) is 16.0 Å². The van der Waals surface area contributed by atoms with Crippen LogP contribution < -0.4 is 16.2 Å². The van der Waals surface area contributed by atoms with Crippen LogP contribution in [0.25, 0.3) is 0 Å². The van der Waals surface area contributed by atoms with E-state index in [9.17, 15) is 24.5 Å². The summed E-state index contributed by atoms with van der Waals surface area (Å²) in [6.45, 7) is 3.42. The lowest BCUT2D eigenvalue weighted by molar-refractivity contribution is -0.384. The van der Waals surface area contributed by atoms with Crippen molar-refractivity contribution in [3.63, 3.8) is 0 Å². The highest BCUT2D eigenvalue weighted by molar-refractivity contribution is 6.32. The normalized spacial score (nSPS) is 11.5. The number of benzene rings is 2. The second-order valence-electron chi connectivity index (χ2n) is 6.82. The molecule has 3 N–H and O–H groups in total. The molecule has 9 nitrogen and oxygen atoms in total. The summed E-state index contributed by atoms with van der Waals surface area (Å²) in [6, 6.07) is 11.6. The van der Waals surface area contributed by atoms with Gasteiger partial charge in [-0.15, -0.1) is 0 Å². The minimum Gasteiger partial charge on any atom is -0.340 e. The number of halogens is 1. The summed E-state index contributed by atoms with van der Waals surface area (Å²) in [7, 11) is 0. The smallest absolute Gasteiger partial charge is 0.288 e. The topological polar surface area (TPSA) is 130 Å². The SMILES string of the molecule is CC(C)C(NC(=O)c1ccc(Cl)c([N+](=O)[O-])c1)C(=O)NNC(=O)Cc1ccccc1. The fourth-order valence-corrected chi connectivity index (χ4v) is 2.77. The van der Waals surface area contributed by atoms with Gasteiger partial charge in [-0.1, -0.05) is 55.8 Å². The van der Waals surface area contributed by atoms with Crippen LogP contribution in [-0.4, -0.2) is 28.7 Å². The number of nitro benzene ring substituents is 1. The number of hydrogen-bond acceptors (Lipinski definition) is 5. The summed E-state index contributed by atoms with van der Waals surface area (Å²) < 4.78 is 0. The number of carbonyl (C=O) groups excluding carboxylic acids is 3. The maximum absolute atomic E-state index is 12.5. The summed E-state index contributed by atoms with van der Waals surface area (Å²) in [5.74, 6) is -2.04. The molecule has 30 heavy (non-hydrogen) atoms. The van der Waals surface area contributed by atoms with Crippen molar-refractivity contribution in [2.45, 2.75) is 26.3 Å². The second-order valence-corrected chi connectivity index (χ2v) is 7.23. The Balaban J connectivity index is 2.00. The molecule has 0 bridgehead atoms. The van der Waals surface area contributed by atoms with E-state index in [1.807, 2.05) is 6.07 Å². The van der Waals surface area contributed by atoms with Gasteiger partial charge in [-0.2, -0.15) is 0 Å². The van der Waals surface area contributed by atoms with E-state index in [2.05, 4.69) is 16.2 Å². The van der Waals surface area contributed by atoms with Crippen LogP contribution in [0.1, 0.15) is 29.8 Å². The third-order valence-corrected chi connectivity index (χ3v) is 4.49. The van der Waals surface area contributed by atoms with Gasteiger partial charge in [-0.3, -0.25) is 35.3 Å². The van der Waals surface area contributed by atoms with E-state index < -0.39 is 34.4 Å². The number of rotatable bonds is 7. The summed E-state index contributed by atoms with van der Waals surface area (Å²) in [6.07, 6.45) is 0.0776. The molecule has 2 rings (SSSR count). The van der Waals surface area contributed by atoms with Crippen LogP contribution >= 0.6 is 11.6 Å². The minimum atomic E-state index is -0.982. The molecule has 0 spiro atoms. The molecular formula is C20H21ClN4O5. The van der Waals surface area contributed by atoms with Gasteiger partial charge in [0.05, 0.1) is 11.3 Å². The Bertz CT molecular complexity index is 949. The Morgan fingerprint density at radius 3 is 2.33 bits per heavy atom. The average Bonchev–Trinajstić information content (AvgIpc) is 2.70. The molecule has 0 aliphatic rings. The number of hydrogen-bond donors (Lipinski definition) is 3. The van der Waals surface area contributed by atoms with Crippen LogP contribution in [0.5, 0.6) is 0 Å². The van der Waals surface area contributed by atoms with Crippen molar-refractivity contribution in [1.29, 1.82) is 0 Å². The number of nitrogens with zero attached hydrogens (tertiary/aromatic N) is 1. The summed E-state index contributed by atoms with van der Waals surface area (Å²) in [5, 5.41) is 13.4. The molecule has 0 fully saturated rings. The maximum Gasteiger partial charge on any atom is 0.288 e. The molecule has 0 saturated carbocycles. The van der Waals surface area contributed by atoms with Crippen LogP contribution in [0.3, 0.4) is 0 Å². The molecular weight excluding hydrogens is 412 g/mol. The lowest BCUT2D eigenvalue weighted by atomic mass is 10.0. The molecule has 0 radical (unpaired) electrons. The number of nitro groups is 1. The Labute approximate surface area is 177 Å². The fourth-order valence-electron chi connectivity index (χ4n) is 2.59. The second kappa shape index (κ2) is 10.4. The summed E-state index contributed by atoms with van der Waals surface area (Å²) >= 11 is 5.75. The first-order valence-corrected chi connectivity index (χ1v) is 9.44. The van der Waals surface area contributed by atoms with Crippen LogP contribution in [0.4, 0.5) is 5.69 Å². The fraction of sp³-hybridized carbons (Fsp3) is 0.250. The molecule has 1 unspecified atom stereocenters. The van der Waals surface area contributed by atoms with Gasteiger partial charge in [-0.05, 0) is 23.6 Å². The first-order valence-electron chi connectivity index (χ1n) is 9.06. The van der Waals surface area contributed by atoms with E-state index in [-0.39, 0.29) is 22.9 Å². The predicted octanol–water partition coefficient (Wildman–Crippen LogP) is 2.39. The van der Waals surface area contributed by atoms with Crippen LogP contribution in [0.15, 0.2) is 48.5 Å². The molecule has 0 aliphatic carbocycles. The number of amides is 3. The van der Waals surface area contributed by atoms with Crippen molar-refractivity contribution >= 4 is 35.0 Å². The van der Waals surface area contributed by atoms with Crippen molar-refractivity contribution < 1.29 is 19.3 Å². The van der Waals surface area contributed by atoms with Crippen molar-refractivity contribution in [3.8, 4) is 0 Å². The lowest BCUT2D eigenvalue weighted by Gasteiger charge is -2.22. The summed E-state index contributed by atoms with van der Waals surface area (Å²) in [4.78, 5) is 47.2. The van der Waals surface area contributed by atoms with E-state index in [1.165, 1.54) is 12.1 Å². The van der Waals surface area contributed by atoms with Crippen molar-refractivity contribution in [2.24, 2.45) is 5.92 Å². The van der Waals surface area contributed by atoms with Crippen molar-refractivity contribution in [2.75, 3.05) is 0 Å². The van der Waals surface area contributed by atoms with Gasteiger partial charge in [0.15, 0.2) is 0 Å². The molecule has 2 aromatic rings. The molecule has 0 saturated heterocycles. The highest BCUT2D eigenvalue weighted by Crippen LogP contribution is 2.25. The zero-order chi connectivity index (χ0) is 22.3. The van der Waals surface area contributed by atoms with E-state index in [0.29, 0.717) is 0 Å². The molecule has 0 heterocycles. The zero-order valence-corrected chi connectivity index (χ0v) is 17.1. The Kier molecular flexibility index (Phi) is 7.88. The van der Waals surface area contributed by atoms with Crippen molar-refractivity contribution in [3.05, 3.63) is 74.8 Å². The van der Waals surface area contributed by atoms with Gasteiger partial charge in [0.2, 0.25) is 5.91 Å². The van der Waals surface area contributed by atoms with Gasteiger partial charge in [0.1, 0.15) is 11.1 Å². The average molecular weight is 433 g/mol. The number of carbonyl (C=O) groups is 3. The molecule has 3 amide bonds. The molecule has 0 aromatic heterocycles. The Hall–Kier alpha value is -3.46. The van der Waals surface area contributed by atoms with Gasteiger partial charge >= 0.3 is 0 Å². The van der Waals surface area contributed by atoms with E-state index in [4.69, 9.17) is 11.6 Å². The largest absolute Gasteiger partial charge is 0.340 e. The monoisotopic (exact) mass is 432 g/mol. The lowest BCUT2D eigenvalue weighted by Crippen LogP contribution is -2.54. The summed E-state index contributed by atoms with van der Waals surface area (Å²) in [5.41, 5.74) is 4.96. The van der Waals surface area contributed by atoms with E-state index >= 15 is 0 Å². The standard InChI is InChI=1S/C20H21ClN4O5/c1-12(2)18(20(28)24-23-17(26)10-13-6-4-3-5-7-13)22-19(27)14-8-9-15(21)16(11-14)25(29)30/h3-9,11-12,18H,10H2,1-2H3,(H,22,27)(H,23,26)(H,24,28). The van der Waals surface area contributed by atoms with Crippen molar-refractivity contribution in [1.82, 2.24) is 16.2 Å². The molecule has 1 atom stereocenters. The predicted molar refractivity (Wildman–Crippen MR) is 111 cm³/mol. The first kappa shape index (κ1) is 22.8. The highest BCUT2D eigenvalue weighted by atomic mass is 35.5. The van der Waals surface area contributed by atoms with E-state index in [1.54, 1.807) is 38.1 Å². The zero-order valence-electron chi connectivity index (χ0n) is 16.3. The molecule has 10 heteroatoms. The Morgan fingerprint density at radius 2 is 1.73 bits per heavy atom. The maximum atomic E-state index is 12.5. The Morgan fingerprint density at radius 1 is 1.07 bits per heavy atom. The van der Waals surface area contributed by atoms with Gasteiger partial charge in [-0.25, -0.2) is 0 Å². The molecule has 2 aromatic carbocycles. The van der Waals surface area contributed by atoms with Crippen LogP contribution in [0.2, 0.25) is 5.02 Å². The highest BCUT2D eigenvalue weighted by Gasteiger charge is 2.26. The van der Waals surface area contributed by atoms with Gasteiger partial charge in [0, 0.05) is 11.6 Å². The first-order chi connectivity index (χ1) is 14.2. The van der Waals surface area contributed by atoms with Crippen LogP contribution in [-0.2, 0) is 16.0 Å². The number of nitrogens with one attached hydrogen (secondary N) is 3. The van der Waals surface area contributed by atoms with Gasteiger partial charge < -0.3 is 5.32 Å². The van der Waals surface area contributed by atoms with E-state index in [0.717, 1.165) is 11.6 Å². The molecule has 0 aliphatic heterocycles. The third-order valence-electron chi connectivity index (χ3n) is 4.17. The quantitative estimate of drug-likeness (QED) is 0.456. The third kappa shape index (κ3) is 6.28. The number of hydrazine groups is 1. The van der Waals surface area contributed by atoms with Gasteiger partial charge in [0.25, 0.3) is 17.5 Å².